The molecule has 2 bridgehead atoms. The monoisotopic (exact) mass is 467 g/mol. The van der Waals surface area contributed by atoms with Crippen LogP contribution in [0.25, 0.3) is 0 Å². The molecule has 7 nitrogen and oxygen atoms in total. The molecule has 0 spiro atoms. The first-order valence-corrected chi connectivity index (χ1v) is 13.1. The molecule has 32 heavy (non-hydrogen) atoms. The quantitative estimate of drug-likeness (QED) is 0.323. The van der Waals surface area contributed by atoms with Gasteiger partial charge in [0, 0.05) is 23.6 Å². The van der Waals surface area contributed by atoms with Gasteiger partial charge in [0.1, 0.15) is 6.54 Å². The van der Waals surface area contributed by atoms with Crippen LogP contribution in [0.5, 0.6) is 0 Å². The van der Waals surface area contributed by atoms with Gasteiger partial charge in [0.15, 0.2) is 5.60 Å². The number of rotatable bonds is 12. The maximum absolute atomic E-state index is 13.6. The predicted molar refractivity (Wildman–Crippen MR) is 123 cm³/mol. The van der Waals surface area contributed by atoms with E-state index in [0.29, 0.717) is 32.3 Å². The van der Waals surface area contributed by atoms with Crippen molar-refractivity contribution in [1.82, 2.24) is 5.32 Å². The molecule has 3 aliphatic heterocycles. The van der Waals surface area contributed by atoms with Gasteiger partial charge in [0.2, 0.25) is 0 Å². The fourth-order valence-electron chi connectivity index (χ4n) is 6.03. The minimum absolute atomic E-state index is 0.00632. The van der Waals surface area contributed by atoms with Gasteiger partial charge in [-0.15, -0.1) is 11.3 Å². The van der Waals surface area contributed by atoms with Crippen LogP contribution in [0.15, 0.2) is 17.5 Å². The van der Waals surface area contributed by atoms with Crippen molar-refractivity contribution in [1.29, 1.82) is 0 Å². The Morgan fingerprint density at radius 1 is 1.12 bits per heavy atom. The molecule has 5 rings (SSSR count). The highest BCUT2D eigenvalue weighted by Crippen LogP contribution is 2.43. The number of piperidine rings is 3. The Hall–Kier alpha value is -1.03. The molecule has 1 aromatic heterocycles. The molecular weight excluding hydrogens is 428 g/mol. The number of quaternary nitrogens is 1. The first-order chi connectivity index (χ1) is 15.6. The lowest BCUT2D eigenvalue weighted by Gasteiger charge is -2.53. The third kappa shape index (κ3) is 5.21. The van der Waals surface area contributed by atoms with Gasteiger partial charge >= 0.3 is 0 Å². The van der Waals surface area contributed by atoms with Gasteiger partial charge < -0.3 is 29.5 Å². The second kappa shape index (κ2) is 10.9. The highest BCUT2D eigenvalue weighted by atomic mass is 32.1. The minimum atomic E-state index is -1.40. The van der Waals surface area contributed by atoms with Crippen molar-refractivity contribution in [2.24, 2.45) is 11.8 Å². The lowest BCUT2D eigenvalue weighted by atomic mass is 9.79. The van der Waals surface area contributed by atoms with E-state index >= 15 is 0 Å². The summed E-state index contributed by atoms with van der Waals surface area (Å²) in [5.41, 5.74) is -1.40. The summed E-state index contributed by atoms with van der Waals surface area (Å²) in [6, 6.07) is 3.96. The molecule has 1 unspecified atom stereocenters. The van der Waals surface area contributed by atoms with Crippen LogP contribution in [0.1, 0.15) is 43.4 Å². The maximum atomic E-state index is 13.6. The van der Waals surface area contributed by atoms with E-state index in [-0.39, 0.29) is 24.5 Å². The molecule has 1 amide bonds. The van der Waals surface area contributed by atoms with E-state index in [4.69, 9.17) is 14.6 Å². The summed E-state index contributed by atoms with van der Waals surface area (Å²) in [7, 11) is 0. The highest BCUT2D eigenvalue weighted by molar-refractivity contribution is 7.10. The zero-order chi connectivity index (χ0) is 22.4. The second-order valence-electron chi connectivity index (χ2n) is 9.79. The summed E-state index contributed by atoms with van der Waals surface area (Å²) in [5.74, 6) is 0.316. The van der Waals surface area contributed by atoms with Gasteiger partial charge in [0.05, 0.1) is 58.7 Å². The van der Waals surface area contributed by atoms with Crippen LogP contribution in [0, 0.1) is 11.8 Å². The number of ether oxygens (including phenoxy) is 2. The predicted octanol–water partition coefficient (Wildman–Crippen LogP) is 1.88. The molecule has 4 fully saturated rings. The first-order valence-electron chi connectivity index (χ1n) is 12.3. The molecule has 180 valence electrons. The average Bonchev–Trinajstić information content (AvgIpc) is 3.54. The van der Waals surface area contributed by atoms with Crippen LogP contribution in [-0.4, -0.2) is 85.9 Å². The van der Waals surface area contributed by atoms with Gasteiger partial charge in [-0.05, 0) is 30.2 Å². The Bertz CT molecular complexity index is 716. The minimum Gasteiger partial charge on any atom is -0.394 e. The van der Waals surface area contributed by atoms with E-state index in [1.807, 2.05) is 17.5 Å². The van der Waals surface area contributed by atoms with Crippen molar-refractivity contribution >= 4 is 17.2 Å². The zero-order valence-corrected chi connectivity index (χ0v) is 19.9. The Morgan fingerprint density at radius 2 is 1.84 bits per heavy atom. The summed E-state index contributed by atoms with van der Waals surface area (Å²) < 4.78 is 12.0. The summed E-state index contributed by atoms with van der Waals surface area (Å²) in [5, 5.41) is 25.7. The van der Waals surface area contributed by atoms with E-state index in [1.54, 1.807) is 0 Å². The van der Waals surface area contributed by atoms with E-state index in [0.717, 1.165) is 74.1 Å². The number of hydrogen-bond donors (Lipinski definition) is 3. The molecule has 3 N–H and O–H groups in total. The van der Waals surface area contributed by atoms with Crippen LogP contribution in [0.2, 0.25) is 0 Å². The Balaban J connectivity index is 1.35. The van der Waals surface area contributed by atoms with Crippen LogP contribution in [0.4, 0.5) is 0 Å². The average molecular weight is 468 g/mol. The van der Waals surface area contributed by atoms with Gasteiger partial charge in [-0.1, -0.05) is 18.9 Å². The van der Waals surface area contributed by atoms with E-state index in [1.165, 1.54) is 11.3 Å². The molecule has 4 aliphatic rings. The first kappa shape index (κ1) is 24.1. The summed E-state index contributed by atoms with van der Waals surface area (Å²) in [6.07, 6.45) is 6.23. The van der Waals surface area contributed by atoms with Crippen LogP contribution in [0.3, 0.4) is 0 Å². The number of hydrogen-bond acceptors (Lipinski definition) is 6. The van der Waals surface area contributed by atoms with Crippen molar-refractivity contribution in [3.63, 3.8) is 0 Å². The molecule has 1 aliphatic carbocycles. The highest BCUT2D eigenvalue weighted by Gasteiger charge is 2.51. The van der Waals surface area contributed by atoms with Gasteiger partial charge in [0.25, 0.3) is 5.91 Å². The third-order valence-electron chi connectivity index (χ3n) is 7.92. The summed E-state index contributed by atoms with van der Waals surface area (Å²) in [4.78, 5) is 14.3. The van der Waals surface area contributed by atoms with Gasteiger partial charge in [-0.25, -0.2) is 0 Å². The maximum Gasteiger partial charge on any atom is 0.258 e. The molecule has 3 saturated heterocycles. The van der Waals surface area contributed by atoms with Crippen molar-refractivity contribution < 1.29 is 29.0 Å². The molecule has 0 radical (unpaired) electrons. The molecule has 1 saturated carbocycles. The number of fused-ring (bicyclic) bond motifs is 3. The molecule has 1 aromatic rings. The Labute approximate surface area is 195 Å². The van der Waals surface area contributed by atoms with Crippen molar-refractivity contribution in [3.05, 3.63) is 22.4 Å². The molecular formula is C24H39N2O5S+. The zero-order valence-electron chi connectivity index (χ0n) is 19.0. The topological polar surface area (TPSA) is 88.0 Å². The normalized spacial score (nSPS) is 29.8. The number of carbonyl (C=O) groups is 1. The van der Waals surface area contributed by atoms with Crippen molar-refractivity contribution in [3.8, 4) is 0 Å². The number of amides is 1. The van der Waals surface area contributed by atoms with Crippen molar-refractivity contribution in [2.75, 3.05) is 59.2 Å². The van der Waals surface area contributed by atoms with Gasteiger partial charge in [-0.3, -0.25) is 4.79 Å². The molecule has 4 heterocycles. The Morgan fingerprint density at radius 3 is 2.50 bits per heavy atom. The van der Waals surface area contributed by atoms with E-state index in [9.17, 15) is 9.90 Å². The van der Waals surface area contributed by atoms with Crippen LogP contribution < -0.4 is 5.32 Å². The number of aliphatic hydroxyl groups is 2. The van der Waals surface area contributed by atoms with E-state index < -0.39 is 5.60 Å². The SMILES string of the molecule is O=C(N[C@H]1C[N+]2(CCOCCOCCO)CCC1CC2)C(O)(c1cccs1)C1CCCC1. The number of nitrogens with one attached hydrogen (secondary N) is 1. The fourth-order valence-corrected chi connectivity index (χ4v) is 6.93. The van der Waals surface area contributed by atoms with E-state index in [2.05, 4.69) is 5.32 Å². The van der Waals surface area contributed by atoms with Crippen molar-refractivity contribution in [2.45, 2.75) is 50.2 Å². The van der Waals surface area contributed by atoms with Crippen LogP contribution in [-0.2, 0) is 19.9 Å². The van der Waals surface area contributed by atoms with Gasteiger partial charge in [-0.2, -0.15) is 0 Å². The molecule has 8 heteroatoms. The number of thiophene rings is 1. The van der Waals surface area contributed by atoms with Crippen LogP contribution >= 0.6 is 11.3 Å². The fraction of sp³-hybridized carbons (Fsp3) is 0.792. The number of carbonyl (C=O) groups excluding carboxylic acids is 1. The number of nitrogens with zero attached hydrogens (tertiary/aromatic N) is 1. The smallest absolute Gasteiger partial charge is 0.258 e. The Kier molecular flexibility index (Phi) is 8.23. The largest absolute Gasteiger partial charge is 0.394 e. The standard InChI is InChI=1S/C24H38N2O5S/c27-12-14-31-16-15-30-13-11-26-9-7-19(8-10-26)21(18-26)25-23(28)24(29,20-4-1-2-5-20)22-6-3-17-32-22/h3,6,17,19-21,27,29H,1-2,4-5,7-16,18H2/p+1/t19?,21-,24?,26?/m0/s1. The molecule has 2 atom stereocenters. The summed E-state index contributed by atoms with van der Waals surface area (Å²) in [6.45, 7) is 6.25. The third-order valence-corrected chi connectivity index (χ3v) is 8.92. The summed E-state index contributed by atoms with van der Waals surface area (Å²) >= 11 is 1.49. The lowest BCUT2D eigenvalue weighted by Crippen LogP contribution is -2.69. The number of aliphatic hydroxyl groups excluding tert-OH is 1. The lowest BCUT2D eigenvalue weighted by molar-refractivity contribution is -0.944. The second-order valence-corrected chi connectivity index (χ2v) is 10.7. The molecule has 0 aromatic carbocycles.